The van der Waals surface area contributed by atoms with Crippen LogP contribution in [0.15, 0.2) is 0 Å². The molecule has 0 aliphatic carbocycles. The summed E-state index contributed by atoms with van der Waals surface area (Å²) < 4.78 is 0. The maximum atomic E-state index is 10.6. The lowest BCUT2D eigenvalue weighted by molar-refractivity contribution is -0.119. The topological polar surface area (TPSA) is 69.1 Å². The molecular formula is C9H20N2OS. The van der Waals surface area contributed by atoms with Crippen molar-refractivity contribution >= 4 is 17.7 Å². The van der Waals surface area contributed by atoms with Gasteiger partial charge in [0.2, 0.25) is 5.91 Å². The Morgan fingerprint density at radius 2 is 1.85 bits per heavy atom. The summed E-state index contributed by atoms with van der Waals surface area (Å²) in [7, 11) is 0. The first-order valence-electron chi connectivity index (χ1n) is 4.66. The molecular weight excluding hydrogens is 184 g/mol. The third kappa shape index (κ3) is 8.12. The van der Waals surface area contributed by atoms with Gasteiger partial charge in [-0.3, -0.25) is 4.79 Å². The standard InChI is InChI=1S/C9H20N2OS/c1-7(2)3-5-13-6-4-8(10)9(11)12/h7-8H,3-6,10H2,1-2H3,(H2,11,12). The third-order valence-electron chi connectivity index (χ3n) is 1.78. The Morgan fingerprint density at radius 3 is 2.31 bits per heavy atom. The van der Waals surface area contributed by atoms with Gasteiger partial charge in [-0.25, -0.2) is 0 Å². The molecule has 13 heavy (non-hydrogen) atoms. The van der Waals surface area contributed by atoms with Crippen LogP contribution in [0.1, 0.15) is 26.7 Å². The van der Waals surface area contributed by atoms with E-state index in [9.17, 15) is 4.79 Å². The number of rotatable bonds is 7. The SMILES string of the molecule is CC(C)CCSCCC(N)C(N)=O. The highest BCUT2D eigenvalue weighted by molar-refractivity contribution is 7.99. The van der Waals surface area contributed by atoms with Gasteiger partial charge in [0.05, 0.1) is 6.04 Å². The van der Waals surface area contributed by atoms with Crippen molar-refractivity contribution in [2.75, 3.05) is 11.5 Å². The van der Waals surface area contributed by atoms with Gasteiger partial charge in [0, 0.05) is 0 Å². The van der Waals surface area contributed by atoms with Gasteiger partial charge < -0.3 is 11.5 Å². The smallest absolute Gasteiger partial charge is 0.234 e. The summed E-state index contributed by atoms with van der Waals surface area (Å²) in [6, 6.07) is -0.466. The van der Waals surface area contributed by atoms with E-state index in [0.717, 1.165) is 17.4 Å². The van der Waals surface area contributed by atoms with Crippen LogP contribution in [0.5, 0.6) is 0 Å². The molecule has 78 valence electrons. The van der Waals surface area contributed by atoms with Crippen molar-refractivity contribution < 1.29 is 4.79 Å². The lowest BCUT2D eigenvalue weighted by Gasteiger charge is -2.07. The Hall–Kier alpha value is -0.220. The zero-order valence-corrected chi connectivity index (χ0v) is 9.27. The largest absolute Gasteiger partial charge is 0.368 e. The number of carbonyl (C=O) groups excluding carboxylic acids is 1. The van der Waals surface area contributed by atoms with Gasteiger partial charge >= 0.3 is 0 Å². The third-order valence-corrected chi connectivity index (χ3v) is 2.83. The van der Waals surface area contributed by atoms with Crippen molar-refractivity contribution in [3.63, 3.8) is 0 Å². The van der Waals surface area contributed by atoms with Crippen molar-refractivity contribution in [3.05, 3.63) is 0 Å². The fourth-order valence-corrected chi connectivity index (χ4v) is 2.04. The highest BCUT2D eigenvalue weighted by Gasteiger charge is 2.07. The first-order chi connectivity index (χ1) is 6.04. The predicted molar refractivity (Wildman–Crippen MR) is 58.6 cm³/mol. The molecule has 1 amide bonds. The lowest BCUT2D eigenvalue weighted by Crippen LogP contribution is -2.36. The maximum Gasteiger partial charge on any atom is 0.234 e. The molecule has 0 saturated heterocycles. The van der Waals surface area contributed by atoms with E-state index in [4.69, 9.17) is 11.5 Å². The van der Waals surface area contributed by atoms with Gasteiger partial charge in [-0.05, 0) is 30.3 Å². The van der Waals surface area contributed by atoms with Crippen LogP contribution in [0.4, 0.5) is 0 Å². The van der Waals surface area contributed by atoms with Crippen LogP contribution >= 0.6 is 11.8 Å². The summed E-state index contributed by atoms with van der Waals surface area (Å²) in [4.78, 5) is 10.6. The fraction of sp³-hybridized carbons (Fsp3) is 0.889. The van der Waals surface area contributed by atoms with Crippen LogP contribution < -0.4 is 11.5 Å². The molecule has 0 aliphatic heterocycles. The minimum Gasteiger partial charge on any atom is -0.368 e. The summed E-state index contributed by atoms with van der Waals surface area (Å²) in [6.45, 7) is 4.41. The van der Waals surface area contributed by atoms with E-state index in [2.05, 4.69) is 13.8 Å². The number of thioether (sulfide) groups is 1. The molecule has 0 rings (SSSR count). The Kier molecular flexibility index (Phi) is 7.09. The first-order valence-corrected chi connectivity index (χ1v) is 5.82. The summed E-state index contributed by atoms with van der Waals surface area (Å²) >= 11 is 1.84. The zero-order chi connectivity index (χ0) is 10.3. The first kappa shape index (κ1) is 12.8. The van der Waals surface area contributed by atoms with Crippen LogP contribution in [0.3, 0.4) is 0 Å². The molecule has 0 saturated carbocycles. The average molecular weight is 204 g/mol. The zero-order valence-electron chi connectivity index (χ0n) is 8.45. The number of carbonyl (C=O) groups is 1. The molecule has 1 unspecified atom stereocenters. The molecule has 0 aromatic heterocycles. The molecule has 1 atom stereocenters. The summed E-state index contributed by atoms with van der Waals surface area (Å²) in [5, 5.41) is 0. The molecule has 0 radical (unpaired) electrons. The number of hydrogen-bond acceptors (Lipinski definition) is 3. The maximum absolute atomic E-state index is 10.6. The van der Waals surface area contributed by atoms with Gasteiger partial charge in [-0.15, -0.1) is 0 Å². The van der Waals surface area contributed by atoms with Gasteiger partial charge in [-0.2, -0.15) is 11.8 Å². The van der Waals surface area contributed by atoms with Crippen molar-refractivity contribution in [3.8, 4) is 0 Å². The Morgan fingerprint density at radius 1 is 1.31 bits per heavy atom. The molecule has 0 heterocycles. The molecule has 3 nitrogen and oxygen atoms in total. The second kappa shape index (κ2) is 7.21. The minimum atomic E-state index is -0.466. The highest BCUT2D eigenvalue weighted by Crippen LogP contribution is 2.10. The van der Waals surface area contributed by atoms with Gasteiger partial charge in [-0.1, -0.05) is 13.8 Å². The second-order valence-corrected chi connectivity index (χ2v) is 4.82. The quantitative estimate of drug-likeness (QED) is 0.607. The Balaban J connectivity index is 3.21. The van der Waals surface area contributed by atoms with E-state index in [1.54, 1.807) is 0 Å². The molecule has 0 spiro atoms. The van der Waals surface area contributed by atoms with Gasteiger partial charge in [0.15, 0.2) is 0 Å². The van der Waals surface area contributed by atoms with E-state index in [0.29, 0.717) is 6.42 Å². The summed E-state index contributed by atoms with van der Waals surface area (Å²) in [5.74, 6) is 2.42. The summed E-state index contributed by atoms with van der Waals surface area (Å²) in [6.07, 6.45) is 1.91. The van der Waals surface area contributed by atoms with E-state index in [1.165, 1.54) is 6.42 Å². The fourth-order valence-electron chi connectivity index (χ4n) is 0.774. The lowest BCUT2D eigenvalue weighted by atomic mass is 10.2. The molecule has 0 fully saturated rings. The van der Waals surface area contributed by atoms with Crippen molar-refractivity contribution in [2.45, 2.75) is 32.7 Å². The molecule has 0 aromatic carbocycles. The van der Waals surface area contributed by atoms with Crippen molar-refractivity contribution in [2.24, 2.45) is 17.4 Å². The second-order valence-electron chi connectivity index (χ2n) is 3.59. The molecule has 0 aliphatic rings. The Bertz CT molecular complexity index is 151. The van der Waals surface area contributed by atoms with Crippen LogP contribution in [0, 0.1) is 5.92 Å². The van der Waals surface area contributed by atoms with E-state index >= 15 is 0 Å². The number of nitrogens with two attached hydrogens (primary N) is 2. The molecule has 4 heteroatoms. The predicted octanol–water partition coefficient (Wildman–Crippen LogP) is 0.968. The number of amides is 1. The van der Waals surface area contributed by atoms with E-state index < -0.39 is 11.9 Å². The van der Waals surface area contributed by atoms with Gasteiger partial charge in [0.25, 0.3) is 0 Å². The monoisotopic (exact) mass is 204 g/mol. The van der Waals surface area contributed by atoms with E-state index in [-0.39, 0.29) is 0 Å². The van der Waals surface area contributed by atoms with Crippen LogP contribution in [0.25, 0.3) is 0 Å². The number of hydrogen-bond donors (Lipinski definition) is 2. The van der Waals surface area contributed by atoms with Crippen molar-refractivity contribution in [1.82, 2.24) is 0 Å². The van der Waals surface area contributed by atoms with Crippen LogP contribution in [-0.2, 0) is 4.79 Å². The average Bonchev–Trinajstić information content (AvgIpc) is 2.02. The van der Waals surface area contributed by atoms with Crippen LogP contribution in [0.2, 0.25) is 0 Å². The Labute approximate surface area is 84.6 Å². The summed E-state index contributed by atoms with van der Waals surface area (Å²) in [5.41, 5.74) is 10.5. The normalized spacial score (nSPS) is 13.2. The minimum absolute atomic E-state index is 0.399. The van der Waals surface area contributed by atoms with E-state index in [1.807, 2.05) is 11.8 Å². The molecule has 4 N–H and O–H groups in total. The molecule has 0 bridgehead atoms. The molecule has 0 aromatic rings. The van der Waals surface area contributed by atoms with Crippen molar-refractivity contribution in [1.29, 1.82) is 0 Å². The number of primary amides is 1. The van der Waals surface area contributed by atoms with Gasteiger partial charge in [0.1, 0.15) is 0 Å². The van der Waals surface area contributed by atoms with Crippen LogP contribution in [-0.4, -0.2) is 23.5 Å². The highest BCUT2D eigenvalue weighted by atomic mass is 32.2.